The number of likely N-dealkylation sites (N-methyl/N-ethyl adjacent to an activating group) is 1. The van der Waals surface area contributed by atoms with Gasteiger partial charge in [-0.2, -0.15) is 0 Å². The van der Waals surface area contributed by atoms with Crippen molar-refractivity contribution in [3.05, 3.63) is 17.0 Å². The first-order valence-electron chi connectivity index (χ1n) is 6.45. The summed E-state index contributed by atoms with van der Waals surface area (Å²) in [4.78, 5) is 2.39. The first kappa shape index (κ1) is 12.6. The Labute approximate surface area is 103 Å². The number of aromatic nitrogens is 1. The van der Waals surface area contributed by atoms with Crippen molar-refractivity contribution in [2.75, 3.05) is 20.1 Å². The highest BCUT2D eigenvalue weighted by molar-refractivity contribution is 5.24. The van der Waals surface area contributed by atoms with E-state index in [-0.39, 0.29) is 0 Å². The molecule has 0 aliphatic carbocycles. The van der Waals surface area contributed by atoms with Crippen LogP contribution in [0.25, 0.3) is 0 Å². The molecular weight excluding hydrogens is 214 g/mol. The van der Waals surface area contributed by atoms with Crippen LogP contribution in [0.2, 0.25) is 0 Å². The third-order valence-electron chi connectivity index (χ3n) is 3.63. The zero-order valence-corrected chi connectivity index (χ0v) is 11.3. The Hall–Kier alpha value is -0.870. The average molecular weight is 237 g/mol. The van der Waals surface area contributed by atoms with Crippen LogP contribution < -0.4 is 5.32 Å². The van der Waals surface area contributed by atoms with E-state index in [9.17, 15) is 0 Å². The lowest BCUT2D eigenvalue weighted by Crippen LogP contribution is -2.44. The summed E-state index contributed by atoms with van der Waals surface area (Å²) in [7, 11) is 2.19. The van der Waals surface area contributed by atoms with Crippen LogP contribution in [0.5, 0.6) is 0 Å². The van der Waals surface area contributed by atoms with Gasteiger partial charge in [0.15, 0.2) is 0 Å². The number of nitrogens with one attached hydrogen (secondary N) is 1. The maximum absolute atomic E-state index is 5.23. The highest BCUT2D eigenvalue weighted by Gasteiger charge is 2.22. The third-order valence-corrected chi connectivity index (χ3v) is 3.63. The van der Waals surface area contributed by atoms with Crippen molar-refractivity contribution in [1.82, 2.24) is 15.4 Å². The van der Waals surface area contributed by atoms with Crippen LogP contribution in [0.15, 0.2) is 4.52 Å². The van der Waals surface area contributed by atoms with E-state index in [2.05, 4.69) is 29.3 Å². The van der Waals surface area contributed by atoms with E-state index in [0.29, 0.717) is 12.1 Å². The zero-order valence-electron chi connectivity index (χ0n) is 11.3. The molecule has 2 unspecified atom stereocenters. The van der Waals surface area contributed by atoms with E-state index in [1.54, 1.807) is 0 Å². The molecule has 2 atom stereocenters. The number of aryl methyl sites for hydroxylation is 2. The molecule has 1 aromatic rings. The van der Waals surface area contributed by atoms with Crippen LogP contribution in [-0.4, -0.2) is 36.2 Å². The SMILES string of the molecule is Cc1noc(C)c1C(C)NC1CCCN(C)C1. The first-order chi connectivity index (χ1) is 8.08. The molecule has 1 aromatic heterocycles. The van der Waals surface area contributed by atoms with Crippen molar-refractivity contribution < 1.29 is 4.52 Å². The number of piperidine rings is 1. The Morgan fingerprint density at radius 1 is 1.47 bits per heavy atom. The molecule has 96 valence electrons. The molecule has 17 heavy (non-hydrogen) atoms. The maximum Gasteiger partial charge on any atom is 0.138 e. The second-order valence-electron chi connectivity index (χ2n) is 5.23. The lowest BCUT2D eigenvalue weighted by Gasteiger charge is -2.32. The van der Waals surface area contributed by atoms with Crippen molar-refractivity contribution in [1.29, 1.82) is 0 Å². The van der Waals surface area contributed by atoms with Crippen LogP contribution in [0.3, 0.4) is 0 Å². The molecule has 0 radical (unpaired) electrons. The molecule has 1 fully saturated rings. The largest absolute Gasteiger partial charge is 0.361 e. The molecule has 0 saturated carbocycles. The predicted octanol–water partition coefficient (Wildman–Crippen LogP) is 2.04. The molecule has 2 heterocycles. The number of likely N-dealkylation sites (tertiary alicyclic amines) is 1. The molecule has 0 bridgehead atoms. The van der Waals surface area contributed by atoms with Gasteiger partial charge < -0.3 is 14.7 Å². The number of rotatable bonds is 3. The fourth-order valence-electron chi connectivity index (χ4n) is 2.85. The van der Waals surface area contributed by atoms with E-state index in [1.165, 1.54) is 24.9 Å². The van der Waals surface area contributed by atoms with Gasteiger partial charge in [-0.15, -0.1) is 0 Å². The van der Waals surface area contributed by atoms with Crippen LogP contribution >= 0.6 is 0 Å². The Balaban J connectivity index is 1.99. The highest BCUT2D eigenvalue weighted by atomic mass is 16.5. The third kappa shape index (κ3) is 2.87. The molecule has 0 amide bonds. The van der Waals surface area contributed by atoms with Crippen molar-refractivity contribution >= 4 is 0 Å². The van der Waals surface area contributed by atoms with E-state index in [0.717, 1.165) is 18.0 Å². The van der Waals surface area contributed by atoms with Gasteiger partial charge in [0.1, 0.15) is 5.76 Å². The van der Waals surface area contributed by atoms with Crippen LogP contribution in [0, 0.1) is 13.8 Å². The standard InChI is InChI=1S/C13H23N3O/c1-9(13-10(2)15-17-11(13)3)14-12-6-5-7-16(4)8-12/h9,12,14H,5-8H2,1-4H3. The summed E-state index contributed by atoms with van der Waals surface area (Å²) < 4.78 is 5.23. The monoisotopic (exact) mass is 237 g/mol. The minimum atomic E-state index is 0.317. The topological polar surface area (TPSA) is 41.3 Å². The Morgan fingerprint density at radius 3 is 2.82 bits per heavy atom. The summed E-state index contributed by atoms with van der Waals surface area (Å²) in [6, 6.07) is 0.898. The summed E-state index contributed by atoms with van der Waals surface area (Å²) in [6.07, 6.45) is 2.54. The summed E-state index contributed by atoms with van der Waals surface area (Å²) in [5.74, 6) is 0.937. The fraction of sp³-hybridized carbons (Fsp3) is 0.769. The minimum Gasteiger partial charge on any atom is -0.361 e. The molecule has 1 N–H and O–H groups in total. The zero-order chi connectivity index (χ0) is 12.4. The van der Waals surface area contributed by atoms with Crippen LogP contribution in [0.4, 0.5) is 0 Å². The van der Waals surface area contributed by atoms with Gasteiger partial charge in [0, 0.05) is 24.2 Å². The quantitative estimate of drug-likeness (QED) is 0.873. The Bertz CT molecular complexity index is 355. The molecule has 4 heteroatoms. The normalized spacial score (nSPS) is 23.9. The number of nitrogens with zero attached hydrogens (tertiary/aromatic N) is 2. The number of hydrogen-bond donors (Lipinski definition) is 1. The fourth-order valence-corrected chi connectivity index (χ4v) is 2.85. The van der Waals surface area contributed by atoms with Crippen molar-refractivity contribution in [2.24, 2.45) is 0 Å². The average Bonchev–Trinajstić information content (AvgIpc) is 2.58. The lowest BCUT2D eigenvalue weighted by atomic mass is 10.0. The van der Waals surface area contributed by atoms with Gasteiger partial charge in [-0.25, -0.2) is 0 Å². The van der Waals surface area contributed by atoms with Gasteiger partial charge in [-0.3, -0.25) is 0 Å². The second kappa shape index (κ2) is 5.19. The van der Waals surface area contributed by atoms with Crippen molar-refractivity contribution in [3.63, 3.8) is 0 Å². The van der Waals surface area contributed by atoms with Crippen LogP contribution in [0.1, 0.15) is 42.8 Å². The van der Waals surface area contributed by atoms with Crippen molar-refractivity contribution in [3.8, 4) is 0 Å². The van der Waals surface area contributed by atoms with E-state index in [1.807, 2.05) is 13.8 Å². The number of hydrogen-bond acceptors (Lipinski definition) is 4. The molecule has 4 nitrogen and oxygen atoms in total. The van der Waals surface area contributed by atoms with E-state index < -0.39 is 0 Å². The van der Waals surface area contributed by atoms with Gasteiger partial charge in [0.2, 0.25) is 0 Å². The second-order valence-corrected chi connectivity index (χ2v) is 5.23. The maximum atomic E-state index is 5.23. The molecular formula is C13H23N3O. The van der Waals surface area contributed by atoms with Crippen molar-refractivity contribution in [2.45, 2.75) is 45.7 Å². The predicted molar refractivity (Wildman–Crippen MR) is 68.0 cm³/mol. The highest BCUT2D eigenvalue weighted by Crippen LogP contribution is 2.22. The molecule has 0 aromatic carbocycles. The first-order valence-corrected chi connectivity index (χ1v) is 6.45. The molecule has 1 aliphatic rings. The summed E-state index contributed by atoms with van der Waals surface area (Å²) in [5.41, 5.74) is 2.23. The van der Waals surface area contributed by atoms with Gasteiger partial charge in [-0.05, 0) is 47.2 Å². The van der Waals surface area contributed by atoms with Gasteiger partial charge >= 0.3 is 0 Å². The van der Waals surface area contributed by atoms with E-state index >= 15 is 0 Å². The molecule has 1 aliphatic heterocycles. The Kier molecular flexibility index (Phi) is 3.84. The van der Waals surface area contributed by atoms with Gasteiger partial charge in [-0.1, -0.05) is 5.16 Å². The lowest BCUT2D eigenvalue weighted by molar-refractivity contribution is 0.218. The van der Waals surface area contributed by atoms with Crippen LogP contribution in [-0.2, 0) is 0 Å². The van der Waals surface area contributed by atoms with Gasteiger partial charge in [0.25, 0.3) is 0 Å². The van der Waals surface area contributed by atoms with E-state index in [4.69, 9.17) is 4.52 Å². The smallest absolute Gasteiger partial charge is 0.138 e. The Morgan fingerprint density at radius 2 is 2.24 bits per heavy atom. The minimum absolute atomic E-state index is 0.317. The molecule has 2 rings (SSSR count). The summed E-state index contributed by atoms with van der Waals surface area (Å²) in [5, 5.41) is 7.71. The van der Waals surface area contributed by atoms with Gasteiger partial charge in [0.05, 0.1) is 5.69 Å². The molecule has 0 spiro atoms. The molecule has 1 saturated heterocycles. The summed E-state index contributed by atoms with van der Waals surface area (Å²) in [6.45, 7) is 8.55. The summed E-state index contributed by atoms with van der Waals surface area (Å²) >= 11 is 0.